The molecule has 54 valence electrons. The van der Waals surface area contributed by atoms with Crippen LogP contribution in [0.2, 0.25) is 0 Å². The van der Waals surface area contributed by atoms with Crippen LogP contribution < -0.4 is 0 Å². The lowest BCUT2D eigenvalue weighted by molar-refractivity contribution is -0.121. The van der Waals surface area contributed by atoms with Gasteiger partial charge in [-0.1, -0.05) is 31.9 Å². The van der Waals surface area contributed by atoms with E-state index in [4.69, 9.17) is 0 Å². The Hall–Kier alpha value is 0.0400. The summed E-state index contributed by atoms with van der Waals surface area (Å²) in [6.07, 6.45) is 2.75. The molecule has 0 aromatic rings. The Morgan fingerprint density at radius 1 is 1.30 bits per heavy atom. The Labute approximate surface area is 74.9 Å². The number of carbonyl (C=O) groups is 2. The van der Waals surface area contributed by atoms with Gasteiger partial charge >= 0.3 is 0 Å². The third kappa shape index (κ3) is 1.55. The quantitative estimate of drug-likeness (QED) is 0.625. The maximum atomic E-state index is 10.9. The van der Waals surface area contributed by atoms with Crippen LogP contribution >= 0.6 is 31.9 Å². The van der Waals surface area contributed by atoms with Gasteiger partial charge in [-0.3, -0.25) is 9.59 Å². The molecule has 0 bridgehead atoms. The molecule has 1 rings (SSSR count). The van der Waals surface area contributed by atoms with E-state index >= 15 is 0 Å². The van der Waals surface area contributed by atoms with Gasteiger partial charge in [-0.2, -0.15) is 0 Å². The lowest BCUT2D eigenvalue weighted by Crippen LogP contribution is -2.29. The van der Waals surface area contributed by atoms with E-state index in [2.05, 4.69) is 31.9 Å². The molecule has 0 saturated carbocycles. The van der Waals surface area contributed by atoms with Gasteiger partial charge in [0.15, 0.2) is 11.6 Å². The van der Waals surface area contributed by atoms with E-state index < -0.39 is 3.23 Å². The van der Waals surface area contributed by atoms with Gasteiger partial charge in [0.2, 0.25) is 0 Å². The second-order valence-electron chi connectivity index (χ2n) is 2.05. The fourth-order valence-corrected chi connectivity index (χ4v) is 1.47. The molecular weight excluding hydrogens is 264 g/mol. The monoisotopic (exact) mass is 266 g/mol. The van der Waals surface area contributed by atoms with Crippen LogP contribution in [0.25, 0.3) is 0 Å². The topological polar surface area (TPSA) is 34.1 Å². The maximum Gasteiger partial charge on any atom is 0.183 e. The van der Waals surface area contributed by atoms with Gasteiger partial charge < -0.3 is 0 Å². The van der Waals surface area contributed by atoms with Crippen LogP contribution in [0.3, 0.4) is 0 Å². The third-order valence-corrected chi connectivity index (χ3v) is 2.52. The van der Waals surface area contributed by atoms with E-state index in [-0.39, 0.29) is 18.0 Å². The highest BCUT2D eigenvalue weighted by Crippen LogP contribution is 2.34. The van der Waals surface area contributed by atoms with E-state index in [1.54, 1.807) is 0 Å². The van der Waals surface area contributed by atoms with Gasteiger partial charge in [0.1, 0.15) is 3.23 Å². The van der Waals surface area contributed by atoms with Gasteiger partial charge in [0.25, 0.3) is 0 Å². The summed E-state index contributed by atoms with van der Waals surface area (Å²) in [7, 11) is 0. The minimum Gasteiger partial charge on any atom is -0.295 e. The summed E-state index contributed by atoms with van der Waals surface area (Å²) in [4.78, 5) is 21.7. The van der Waals surface area contributed by atoms with Crippen LogP contribution in [-0.4, -0.2) is 14.8 Å². The van der Waals surface area contributed by atoms with Crippen molar-refractivity contribution in [2.45, 2.75) is 9.65 Å². The van der Waals surface area contributed by atoms with Crippen LogP contribution in [-0.2, 0) is 9.59 Å². The van der Waals surface area contributed by atoms with Crippen molar-refractivity contribution in [3.8, 4) is 0 Å². The minimum absolute atomic E-state index is 0.0478. The largest absolute Gasteiger partial charge is 0.295 e. The van der Waals surface area contributed by atoms with Gasteiger partial charge in [0.05, 0.1) is 0 Å². The van der Waals surface area contributed by atoms with Crippen LogP contribution in [0.5, 0.6) is 0 Å². The van der Waals surface area contributed by atoms with Gasteiger partial charge in [-0.05, 0) is 12.2 Å². The van der Waals surface area contributed by atoms with Gasteiger partial charge in [-0.15, -0.1) is 0 Å². The first-order valence-electron chi connectivity index (χ1n) is 2.65. The molecule has 0 unspecified atom stereocenters. The Bertz CT molecular complexity index is 218. The Morgan fingerprint density at radius 3 is 2.30 bits per heavy atom. The molecule has 0 amide bonds. The normalized spacial score (nSPS) is 23.4. The number of alkyl halides is 2. The maximum absolute atomic E-state index is 10.9. The van der Waals surface area contributed by atoms with Crippen molar-refractivity contribution in [1.29, 1.82) is 0 Å². The molecule has 1 aliphatic rings. The fraction of sp³-hybridized carbons (Fsp3) is 0.333. The van der Waals surface area contributed by atoms with Crippen LogP contribution in [0.4, 0.5) is 0 Å². The van der Waals surface area contributed by atoms with Crippen molar-refractivity contribution in [2.24, 2.45) is 0 Å². The summed E-state index contributed by atoms with van der Waals surface area (Å²) >= 11 is 6.19. The first-order valence-corrected chi connectivity index (χ1v) is 4.24. The van der Waals surface area contributed by atoms with E-state index in [0.29, 0.717) is 0 Å². The second kappa shape index (κ2) is 2.58. The summed E-state index contributed by atoms with van der Waals surface area (Å²) in [6.45, 7) is 0. The zero-order valence-electron chi connectivity index (χ0n) is 4.93. The van der Waals surface area contributed by atoms with Crippen LogP contribution in [0, 0.1) is 0 Å². The second-order valence-corrected chi connectivity index (χ2v) is 5.82. The highest BCUT2D eigenvalue weighted by molar-refractivity contribution is 9.26. The van der Waals surface area contributed by atoms with Gasteiger partial charge in [-0.25, -0.2) is 0 Å². The van der Waals surface area contributed by atoms with E-state index in [0.717, 1.165) is 0 Å². The molecule has 0 fully saturated rings. The first-order chi connectivity index (χ1) is 4.52. The van der Waals surface area contributed by atoms with Crippen molar-refractivity contribution in [3.63, 3.8) is 0 Å². The molecule has 0 radical (unpaired) electrons. The third-order valence-electron chi connectivity index (χ3n) is 1.18. The number of halogens is 2. The van der Waals surface area contributed by atoms with Crippen LogP contribution in [0.15, 0.2) is 12.2 Å². The standard InChI is InChI=1S/C6H4Br2O2/c7-6(8)3-4(9)1-2-5(6)10/h1-2H,3H2. The molecule has 10 heavy (non-hydrogen) atoms. The first kappa shape index (κ1) is 8.14. The molecule has 0 spiro atoms. The van der Waals surface area contributed by atoms with Crippen molar-refractivity contribution in [2.75, 3.05) is 0 Å². The predicted molar refractivity (Wildman–Crippen MR) is 44.4 cm³/mol. The van der Waals surface area contributed by atoms with E-state index in [1.165, 1.54) is 12.2 Å². The molecule has 0 saturated heterocycles. The molecule has 1 aliphatic carbocycles. The van der Waals surface area contributed by atoms with E-state index in [9.17, 15) is 9.59 Å². The fourth-order valence-electron chi connectivity index (χ4n) is 0.655. The lowest BCUT2D eigenvalue weighted by atomic mass is 10.1. The molecule has 4 heteroatoms. The SMILES string of the molecule is O=C1C=CC(=O)C(Br)(Br)C1. The summed E-state index contributed by atoms with van der Waals surface area (Å²) in [6, 6.07) is 0. The van der Waals surface area contributed by atoms with Crippen molar-refractivity contribution >= 4 is 43.4 Å². The highest BCUT2D eigenvalue weighted by Gasteiger charge is 2.35. The summed E-state index contributed by atoms with van der Waals surface area (Å²) in [5.41, 5.74) is 0. The average molecular weight is 268 g/mol. The van der Waals surface area contributed by atoms with Crippen molar-refractivity contribution in [3.05, 3.63) is 12.2 Å². The Kier molecular flexibility index (Phi) is 2.10. The zero-order valence-corrected chi connectivity index (χ0v) is 8.11. The highest BCUT2D eigenvalue weighted by atomic mass is 79.9. The molecule has 0 N–H and O–H groups in total. The molecule has 0 aromatic heterocycles. The number of allylic oxidation sites excluding steroid dienone is 2. The zero-order chi connectivity index (χ0) is 7.78. The number of carbonyl (C=O) groups excluding carboxylic acids is 2. The number of hydrogen-bond acceptors (Lipinski definition) is 2. The Balaban J connectivity index is 2.93. The Morgan fingerprint density at radius 2 is 1.90 bits per heavy atom. The molecule has 0 aromatic carbocycles. The molecule has 0 heterocycles. The average Bonchev–Trinajstić information content (AvgIpc) is 1.78. The molecule has 0 atom stereocenters. The predicted octanol–water partition coefficient (Wildman–Crippen LogP) is 1.57. The smallest absolute Gasteiger partial charge is 0.183 e. The summed E-state index contributed by atoms with van der Waals surface area (Å²) in [5.74, 6) is -0.166. The number of hydrogen-bond donors (Lipinski definition) is 0. The van der Waals surface area contributed by atoms with Gasteiger partial charge in [0, 0.05) is 6.42 Å². The lowest BCUT2D eigenvalue weighted by Gasteiger charge is -2.17. The molecular formula is C6H4Br2O2. The van der Waals surface area contributed by atoms with E-state index in [1.807, 2.05) is 0 Å². The molecule has 2 nitrogen and oxygen atoms in total. The number of ketones is 2. The minimum atomic E-state index is -0.841. The van der Waals surface area contributed by atoms with Crippen LogP contribution in [0.1, 0.15) is 6.42 Å². The van der Waals surface area contributed by atoms with Crippen molar-refractivity contribution in [1.82, 2.24) is 0 Å². The summed E-state index contributed by atoms with van der Waals surface area (Å²) < 4.78 is -0.841. The number of rotatable bonds is 0. The molecule has 0 aliphatic heterocycles. The summed E-state index contributed by atoms with van der Waals surface area (Å²) in [5, 5.41) is 0. The van der Waals surface area contributed by atoms with Crippen molar-refractivity contribution < 1.29 is 9.59 Å².